The van der Waals surface area contributed by atoms with Gasteiger partial charge in [0.2, 0.25) is 0 Å². The molecule has 0 aliphatic rings. The Morgan fingerprint density at radius 1 is 1.08 bits per heavy atom. The van der Waals surface area contributed by atoms with Crippen LogP contribution >= 0.6 is 0 Å². The molecule has 0 spiro atoms. The number of esters is 1. The first-order chi connectivity index (χ1) is 11.8. The Kier molecular flexibility index (Phi) is 4.91. The fourth-order valence-corrected chi connectivity index (χ4v) is 2.29. The average Bonchev–Trinajstić information content (AvgIpc) is 3.11. The summed E-state index contributed by atoms with van der Waals surface area (Å²) in [4.78, 5) is 19.0. The normalized spacial score (nSPS) is 10.4. The maximum atomic E-state index is 11.8. The molecule has 0 fully saturated rings. The fourth-order valence-electron chi connectivity index (χ4n) is 2.29. The van der Waals surface area contributed by atoms with Crippen LogP contribution in [0, 0.1) is 0 Å². The molecule has 24 heavy (non-hydrogen) atoms. The minimum Gasteiger partial charge on any atom is -0.488 e. The molecule has 0 unspecified atom stereocenters. The Bertz CT molecular complexity index is 812. The van der Waals surface area contributed by atoms with Crippen molar-refractivity contribution in [2.24, 2.45) is 0 Å². The second-order valence-electron chi connectivity index (χ2n) is 5.14. The van der Waals surface area contributed by atoms with E-state index in [0.717, 1.165) is 11.1 Å². The molecule has 122 valence electrons. The summed E-state index contributed by atoms with van der Waals surface area (Å²) in [6, 6.07) is 17.5. The van der Waals surface area contributed by atoms with Gasteiger partial charge in [0.15, 0.2) is 0 Å². The highest BCUT2D eigenvalue weighted by atomic mass is 16.5. The highest BCUT2D eigenvalue weighted by Gasteiger charge is 2.14. The number of hydrogen-bond donors (Lipinski definition) is 1. The molecule has 0 aliphatic heterocycles. The molecule has 0 aliphatic carbocycles. The van der Waals surface area contributed by atoms with Crippen LogP contribution < -0.4 is 4.74 Å². The number of nitrogens with zero attached hydrogens (tertiary/aromatic N) is 1. The lowest BCUT2D eigenvalue weighted by molar-refractivity contribution is 0.0520. The first-order valence-electron chi connectivity index (χ1n) is 7.76. The van der Waals surface area contributed by atoms with Crippen LogP contribution in [0.2, 0.25) is 0 Å². The van der Waals surface area contributed by atoms with Gasteiger partial charge in [-0.3, -0.25) is 0 Å². The van der Waals surface area contributed by atoms with E-state index in [1.165, 1.54) is 6.20 Å². The molecule has 3 rings (SSSR count). The second kappa shape index (κ2) is 7.46. The molecule has 1 aromatic heterocycles. The van der Waals surface area contributed by atoms with Crippen molar-refractivity contribution in [3.05, 3.63) is 72.1 Å². The van der Waals surface area contributed by atoms with Crippen molar-refractivity contribution in [2.45, 2.75) is 13.5 Å². The summed E-state index contributed by atoms with van der Waals surface area (Å²) in [6.45, 7) is 2.55. The first kappa shape index (κ1) is 15.8. The number of ether oxygens (including phenoxy) is 2. The summed E-state index contributed by atoms with van der Waals surface area (Å²) in [5.41, 5.74) is 2.20. The Morgan fingerprint density at radius 3 is 2.62 bits per heavy atom. The molecule has 0 saturated heterocycles. The minimum absolute atomic E-state index is 0.323. The van der Waals surface area contributed by atoms with Crippen LogP contribution in [0.5, 0.6) is 5.75 Å². The number of imidazole rings is 1. The number of benzene rings is 2. The zero-order chi connectivity index (χ0) is 16.8. The summed E-state index contributed by atoms with van der Waals surface area (Å²) in [6.07, 6.45) is 1.47. The maximum Gasteiger partial charge on any atom is 0.356 e. The smallest absolute Gasteiger partial charge is 0.356 e. The van der Waals surface area contributed by atoms with Crippen LogP contribution in [-0.2, 0) is 11.3 Å². The van der Waals surface area contributed by atoms with Crippen molar-refractivity contribution in [1.29, 1.82) is 0 Å². The van der Waals surface area contributed by atoms with Gasteiger partial charge in [0.1, 0.15) is 23.9 Å². The summed E-state index contributed by atoms with van der Waals surface area (Å²) < 4.78 is 10.9. The van der Waals surface area contributed by atoms with Gasteiger partial charge < -0.3 is 14.5 Å². The molecule has 0 bridgehead atoms. The highest BCUT2D eigenvalue weighted by Crippen LogP contribution is 2.28. The van der Waals surface area contributed by atoms with Crippen molar-refractivity contribution in [3.8, 4) is 17.1 Å². The van der Waals surface area contributed by atoms with Gasteiger partial charge in [-0.05, 0) is 24.6 Å². The molecule has 1 heterocycles. The van der Waals surface area contributed by atoms with Gasteiger partial charge in [-0.25, -0.2) is 9.78 Å². The van der Waals surface area contributed by atoms with Crippen LogP contribution in [-0.4, -0.2) is 22.5 Å². The number of para-hydroxylation sites is 1. The molecule has 1 N–H and O–H groups in total. The Morgan fingerprint density at radius 2 is 1.83 bits per heavy atom. The third-order valence-electron chi connectivity index (χ3n) is 3.45. The average molecular weight is 322 g/mol. The van der Waals surface area contributed by atoms with E-state index in [9.17, 15) is 4.79 Å². The van der Waals surface area contributed by atoms with Gasteiger partial charge >= 0.3 is 5.97 Å². The van der Waals surface area contributed by atoms with E-state index in [-0.39, 0.29) is 0 Å². The van der Waals surface area contributed by atoms with E-state index < -0.39 is 5.97 Å². The molecule has 0 amide bonds. The summed E-state index contributed by atoms with van der Waals surface area (Å²) in [7, 11) is 0. The zero-order valence-electron chi connectivity index (χ0n) is 13.4. The van der Waals surface area contributed by atoms with Crippen LogP contribution in [0.3, 0.4) is 0 Å². The van der Waals surface area contributed by atoms with Gasteiger partial charge in [0.05, 0.1) is 18.4 Å². The van der Waals surface area contributed by atoms with Gasteiger partial charge in [-0.1, -0.05) is 42.5 Å². The van der Waals surface area contributed by atoms with Gasteiger partial charge in [-0.15, -0.1) is 0 Å². The lowest BCUT2D eigenvalue weighted by atomic mass is 10.2. The number of aromatic amines is 1. The lowest BCUT2D eigenvalue weighted by Crippen LogP contribution is -2.04. The van der Waals surface area contributed by atoms with E-state index in [2.05, 4.69) is 9.97 Å². The number of aromatic nitrogens is 2. The van der Waals surface area contributed by atoms with Crippen molar-refractivity contribution < 1.29 is 14.3 Å². The van der Waals surface area contributed by atoms with E-state index in [4.69, 9.17) is 9.47 Å². The van der Waals surface area contributed by atoms with Crippen LogP contribution in [0.25, 0.3) is 11.4 Å². The topological polar surface area (TPSA) is 64.2 Å². The maximum absolute atomic E-state index is 11.8. The SMILES string of the molecule is CCOC(=O)c1cnc(-c2ccccc2OCc2ccccc2)[nH]1. The van der Waals surface area contributed by atoms with E-state index in [0.29, 0.717) is 30.5 Å². The molecular weight excluding hydrogens is 304 g/mol. The number of rotatable bonds is 6. The number of nitrogens with one attached hydrogen (secondary N) is 1. The Balaban J connectivity index is 1.80. The zero-order valence-corrected chi connectivity index (χ0v) is 13.4. The van der Waals surface area contributed by atoms with Crippen molar-refractivity contribution in [2.75, 3.05) is 6.61 Å². The first-order valence-corrected chi connectivity index (χ1v) is 7.76. The predicted octanol–water partition coefficient (Wildman–Crippen LogP) is 3.83. The van der Waals surface area contributed by atoms with Crippen molar-refractivity contribution >= 4 is 5.97 Å². The number of carbonyl (C=O) groups excluding carboxylic acids is 1. The van der Waals surface area contributed by atoms with Crippen LogP contribution in [0.1, 0.15) is 23.0 Å². The van der Waals surface area contributed by atoms with Gasteiger partial charge in [-0.2, -0.15) is 0 Å². The Hall–Kier alpha value is -3.08. The van der Waals surface area contributed by atoms with Gasteiger partial charge in [0, 0.05) is 0 Å². The molecule has 0 radical (unpaired) electrons. The number of hydrogen-bond acceptors (Lipinski definition) is 4. The predicted molar refractivity (Wildman–Crippen MR) is 90.8 cm³/mol. The van der Waals surface area contributed by atoms with Crippen molar-refractivity contribution in [3.63, 3.8) is 0 Å². The molecule has 3 aromatic rings. The number of carbonyl (C=O) groups is 1. The van der Waals surface area contributed by atoms with E-state index in [1.54, 1.807) is 6.92 Å². The summed E-state index contributed by atoms with van der Waals surface area (Å²) in [5, 5.41) is 0. The number of H-pyrrole nitrogens is 1. The monoisotopic (exact) mass is 322 g/mol. The second-order valence-corrected chi connectivity index (χ2v) is 5.14. The molecular formula is C19H18N2O3. The van der Waals surface area contributed by atoms with Gasteiger partial charge in [0.25, 0.3) is 0 Å². The summed E-state index contributed by atoms with van der Waals surface area (Å²) >= 11 is 0. The molecule has 2 aromatic carbocycles. The van der Waals surface area contributed by atoms with Crippen LogP contribution in [0.15, 0.2) is 60.8 Å². The third kappa shape index (κ3) is 3.63. The quantitative estimate of drug-likeness (QED) is 0.701. The van der Waals surface area contributed by atoms with Crippen LogP contribution in [0.4, 0.5) is 0 Å². The molecule has 0 saturated carbocycles. The Labute approximate surface area is 140 Å². The van der Waals surface area contributed by atoms with E-state index >= 15 is 0 Å². The summed E-state index contributed by atoms with van der Waals surface area (Å²) in [5.74, 6) is 0.853. The van der Waals surface area contributed by atoms with E-state index in [1.807, 2.05) is 54.6 Å². The standard InChI is InChI=1S/C19H18N2O3/c1-2-23-19(22)16-12-20-18(21-16)15-10-6-7-11-17(15)24-13-14-8-4-3-5-9-14/h3-12H,2,13H2,1H3,(H,20,21). The fraction of sp³-hybridized carbons (Fsp3) is 0.158. The van der Waals surface area contributed by atoms with Crippen molar-refractivity contribution in [1.82, 2.24) is 9.97 Å². The molecule has 5 heteroatoms. The molecule has 0 atom stereocenters. The largest absolute Gasteiger partial charge is 0.488 e. The third-order valence-corrected chi connectivity index (χ3v) is 3.45. The highest BCUT2D eigenvalue weighted by molar-refractivity contribution is 5.88. The molecule has 5 nitrogen and oxygen atoms in total. The lowest BCUT2D eigenvalue weighted by Gasteiger charge is -2.10. The minimum atomic E-state index is -0.418.